The monoisotopic (exact) mass is 292 g/mol. The first kappa shape index (κ1) is 13.1. The zero-order chi connectivity index (χ0) is 15.4. The lowest BCUT2D eigenvalue weighted by atomic mass is 10.3. The van der Waals surface area contributed by atoms with Crippen LogP contribution in [-0.2, 0) is 0 Å². The molecule has 4 nitrogen and oxygen atoms in total. The lowest BCUT2D eigenvalue weighted by Crippen LogP contribution is -2.34. The zero-order valence-electron chi connectivity index (χ0n) is 13.4. The van der Waals surface area contributed by atoms with Crippen LogP contribution in [0.2, 0.25) is 0 Å². The first-order chi connectivity index (χ1) is 10.6. The second kappa shape index (κ2) is 4.44. The fourth-order valence-electron chi connectivity index (χ4n) is 3.57. The van der Waals surface area contributed by atoms with Gasteiger partial charge in [0.25, 0.3) is 0 Å². The maximum Gasteiger partial charge on any atom is 0.155 e. The molecule has 0 saturated heterocycles. The predicted octanol–water partition coefficient (Wildman–Crippen LogP) is 3.29. The molecule has 0 amide bonds. The summed E-state index contributed by atoms with van der Waals surface area (Å²) in [5.74, 6) is 2.39. The van der Waals surface area contributed by atoms with Crippen LogP contribution < -0.4 is 19.6 Å². The molecule has 2 aliphatic heterocycles. The van der Waals surface area contributed by atoms with Gasteiger partial charge in [0.05, 0.1) is 22.7 Å². The zero-order valence-corrected chi connectivity index (χ0v) is 13.4. The van der Waals surface area contributed by atoms with Crippen molar-refractivity contribution in [3.05, 3.63) is 60.2 Å². The van der Waals surface area contributed by atoms with Crippen LogP contribution in [0.3, 0.4) is 0 Å². The summed E-state index contributed by atoms with van der Waals surface area (Å²) in [6.07, 6.45) is 0. The molecule has 2 heterocycles. The Labute approximate surface area is 131 Å². The van der Waals surface area contributed by atoms with E-state index in [0.29, 0.717) is 0 Å². The molecule has 0 spiro atoms. The largest absolute Gasteiger partial charge is 0.326 e. The van der Waals surface area contributed by atoms with Gasteiger partial charge in [0.15, 0.2) is 11.6 Å². The smallest absolute Gasteiger partial charge is 0.155 e. The highest BCUT2D eigenvalue weighted by Gasteiger charge is 2.36. The van der Waals surface area contributed by atoms with E-state index in [1.807, 2.05) is 0 Å². The van der Waals surface area contributed by atoms with Crippen molar-refractivity contribution < 1.29 is 0 Å². The predicted molar refractivity (Wildman–Crippen MR) is 93.5 cm³/mol. The molecule has 112 valence electrons. The SMILES string of the molecule is CN1C(=C2N(C)c3ccccc3N2C)N(C)c2ccccc21. The summed E-state index contributed by atoms with van der Waals surface area (Å²) in [6.45, 7) is 0. The van der Waals surface area contributed by atoms with Crippen LogP contribution in [0.1, 0.15) is 0 Å². The molecule has 2 aromatic carbocycles. The third-order valence-electron chi connectivity index (χ3n) is 4.68. The second-order valence-electron chi connectivity index (χ2n) is 5.86. The van der Waals surface area contributed by atoms with Crippen molar-refractivity contribution in [3.8, 4) is 0 Å². The van der Waals surface area contributed by atoms with E-state index < -0.39 is 0 Å². The van der Waals surface area contributed by atoms with Crippen molar-refractivity contribution in [2.75, 3.05) is 47.8 Å². The quantitative estimate of drug-likeness (QED) is 0.738. The lowest BCUT2D eigenvalue weighted by Gasteiger charge is -2.27. The molecule has 2 aromatic rings. The van der Waals surface area contributed by atoms with Crippen LogP contribution in [0.5, 0.6) is 0 Å². The van der Waals surface area contributed by atoms with Gasteiger partial charge < -0.3 is 19.6 Å². The van der Waals surface area contributed by atoms with Crippen molar-refractivity contribution in [1.82, 2.24) is 0 Å². The van der Waals surface area contributed by atoms with Gasteiger partial charge in [-0.3, -0.25) is 0 Å². The number of hydrogen-bond donors (Lipinski definition) is 0. The topological polar surface area (TPSA) is 13.0 Å². The Bertz CT molecular complexity index is 653. The van der Waals surface area contributed by atoms with E-state index in [1.54, 1.807) is 0 Å². The van der Waals surface area contributed by atoms with Crippen LogP contribution >= 0.6 is 0 Å². The van der Waals surface area contributed by atoms with E-state index in [9.17, 15) is 0 Å². The van der Waals surface area contributed by atoms with Crippen molar-refractivity contribution in [3.63, 3.8) is 0 Å². The van der Waals surface area contributed by atoms with Gasteiger partial charge in [-0.2, -0.15) is 0 Å². The molecular weight excluding hydrogens is 272 g/mol. The van der Waals surface area contributed by atoms with E-state index in [2.05, 4.69) is 96.3 Å². The van der Waals surface area contributed by atoms with Crippen LogP contribution in [-0.4, -0.2) is 28.2 Å². The van der Waals surface area contributed by atoms with Gasteiger partial charge in [0.2, 0.25) is 0 Å². The molecule has 0 unspecified atom stereocenters. The molecule has 0 bridgehead atoms. The summed E-state index contributed by atoms with van der Waals surface area (Å²) in [6, 6.07) is 17.0. The Kier molecular flexibility index (Phi) is 2.64. The Hall–Kier alpha value is -2.62. The molecule has 0 saturated carbocycles. The first-order valence-corrected chi connectivity index (χ1v) is 7.48. The second-order valence-corrected chi connectivity index (χ2v) is 5.86. The molecule has 0 fully saturated rings. The number of benzene rings is 2. The van der Waals surface area contributed by atoms with Crippen molar-refractivity contribution in [2.45, 2.75) is 0 Å². The molecule has 22 heavy (non-hydrogen) atoms. The number of nitrogens with zero attached hydrogens (tertiary/aromatic N) is 4. The number of anilines is 4. The van der Waals surface area contributed by atoms with E-state index in [-0.39, 0.29) is 0 Å². The highest BCUT2D eigenvalue weighted by atomic mass is 15.5. The fourth-order valence-corrected chi connectivity index (χ4v) is 3.57. The standard InChI is InChI=1S/C18H20N4/c1-19-13-9-5-6-10-14(13)20(2)17(19)18-21(3)15-11-7-8-12-16(15)22(18)4/h5-12H,1-4H3. The first-order valence-electron chi connectivity index (χ1n) is 7.48. The summed E-state index contributed by atoms with van der Waals surface area (Å²) in [4.78, 5) is 9.07. The summed E-state index contributed by atoms with van der Waals surface area (Å²) in [5, 5.41) is 0. The molecule has 2 aliphatic rings. The summed E-state index contributed by atoms with van der Waals surface area (Å²) in [5.41, 5.74) is 4.96. The maximum absolute atomic E-state index is 2.27. The molecule has 0 aromatic heterocycles. The van der Waals surface area contributed by atoms with Crippen molar-refractivity contribution >= 4 is 22.7 Å². The minimum atomic E-state index is 1.20. The summed E-state index contributed by atoms with van der Waals surface area (Å²) in [7, 11) is 8.54. The van der Waals surface area contributed by atoms with Crippen LogP contribution in [0, 0.1) is 0 Å². The molecule has 0 N–H and O–H groups in total. The van der Waals surface area contributed by atoms with Crippen LogP contribution in [0.25, 0.3) is 0 Å². The highest BCUT2D eigenvalue weighted by molar-refractivity contribution is 5.88. The number of fused-ring (bicyclic) bond motifs is 2. The van der Waals surface area contributed by atoms with Gasteiger partial charge >= 0.3 is 0 Å². The average molecular weight is 292 g/mol. The third kappa shape index (κ3) is 1.52. The van der Waals surface area contributed by atoms with E-state index >= 15 is 0 Å². The fraction of sp³-hybridized carbons (Fsp3) is 0.222. The Morgan fingerprint density at radius 2 is 0.682 bits per heavy atom. The number of hydrogen-bond acceptors (Lipinski definition) is 4. The molecule has 0 radical (unpaired) electrons. The van der Waals surface area contributed by atoms with Crippen molar-refractivity contribution in [1.29, 1.82) is 0 Å². The molecule has 0 aliphatic carbocycles. The normalized spacial score (nSPS) is 16.5. The number of rotatable bonds is 0. The number of para-hydroxylation sites is 4. The van der Waals surface area contributed by atoms with Crippen LogP contribution in [0.4, 0.5) is 22.7 Å². The summed E-state index contributed by atoms with van der Waals surface area (Å²) >= 11 is 0. The maximum atomic E-state index is 2.27. The lowest BCUT2D eigenvalue weighted by molar-refractivity contribution is 0.931. The molecule has 4 rings (SSSR count). The van der Waals surface area contributed by atoms with Gasteiger partial charge in [0, 0.05) is 28.2 Å². The third-order valence-corrected chi connectivity index (χ3v) is 4.68. The van der Waals surface area contributed by atoms with Gasteiger partial charge in [0.1, 0.15) is 0 Å². The molecule has 4 heteroatoms. The van der Waals surface area contributed by atoms with Crippen molar-refractivity contribution in [2.24, 2.45) is 0 Å². The minimum Gasteiger partial charge on any atom is -0.326 e. The molecular formula is C18H20N4. The van der Waals surface area contributed by atoms with E-state index in [1.165, 1.54) is 34.4 Å². The molecule has 0 atom stereocenters. The van der Waals surface area contributed by atoms with Gasteiger partial charge in [-0.05, 0) is 24.3 Å². The van der Waals surface area contributed by atoms with Gasteiger partial charge in [-0.15, -0.1) is 0 Å². The van der Waals surface area contributed by atoms with E-state index in [0.717, 1.165) is 0 Å². The highest BCUT2D eigenvalue weighted by Crippen LogP contribution is 2.46. The van der Waals surface area contributed by atoms with E-state index in [4.69, 9.17) is 0 Å². The van der Waals surface area contributed by atoms with Gasteiger partial charge in [-0.25, -0.2) is 0 Å². The van der Waals surface area contributed by atoms with Crippen LogP contribution in [0.15, 0.2) is 60.2 Å². The Morgan fingerprint density at radius 3 is 0.909 bits per heavy atom. The Morgan fingerprint density at radius 1 is 0.455 bits per heavy atom. The average Bonchev–Trinajstić information content (AvgIpc) is 2.94. The van der Waals surface area contributed by atoms with Gasteiger partial charge in [-0.1, -0.05) is 24.3 Å². The minimum absolute atomic E-state index is 1.20. The Balaban J connectivity index is 1.91. The summed E-state index contributed by atoms with van der Waals surface area (Å²) < 4.78 is 0.